The molecule has 10 heteroatoms. The fraction of sp³-hybridized carbons (Fsp3) is 0.278. The third kappa shape index (κ3) is 3.70. The van der Waals surface area contributed by atoms with Gasteiger partial charge in [-0.25, -0.2) is 9.80 Å². The Hall–Kier alpha value is -3.69. The average molecular weight is 384 g/mol. The third-order valence-electron chi connectivity index (χ3n) is 4.50. The van der Waals surface area contributed by atoms with Crippen molar-refractivity contribution in [1.29, 1.82) is 0 Å². The molecule has 0 spiro atoms. The number of carbonyl (C=O) groups is 1. The summed E-state index contributed by atoms with van der Waals surface area (Å²) in [5.74, 6) is 0.525. The van der Waals surface area contributed by atoms with E-state index >= 15 is 0 Å². The van der Waals surface area contributed by atoms with Crippen LogP contribution in [0.15, 0.2) is 58.7 Å². The number of hydrogen-bond donors (Lipinski definition) is 2. The number of cyclic esters (lactones) is 1. The highest BCUT2D eigenvalue weighted by Crippen LogP contribution is 2.25. The molecule has 2 aliphatic rings. The lowest BCUT2D eigenvalue weighted by Gasteiger charge is -2.29. The minimum atomic E-state index is -0.378. The van der Waals surface area contributed by atoms with Crippen molar-refractivity contribution < 1.29 is 19.2 Å². The number of anilines is 3. The summed E-state index contributed by atoms with van der Waals surface area (Å²) in [5.41, 5.74) is 1.70. The number of amides is 1. The van der Waals surface area contributed by atoms with Crippen LogP contribution in [0.2, 0.25) is 0 Å². The summed E-state index contributed by atoms with van der Waals surface area (Å²) in [4.78, 5) is 15.8. The van der Waals surface area contributed by atoms with E-state index in [9.17, 15) is 9.90 Å². The number of rotatable bonds is 6. The molecule has 0 radical (unpaired) electrons. The quantitative estimate of drug-likeness (QED) is 0.730. The van der Waals surface area contributed by atoms with Crippen LogP contribution in [-0.4, -0.2) is 60.0 Å². The molecule has 4 rings (SSSR count). The summed E-state index contributed by atoms with van der Waals surface area (Å²) in [5, 5.41) is 21.8. The smallest absolute Gasteiger partial charge is 0.414 e. The third-order valence-corrected chi connectivity index (χ3v) is 4.50. The lowest BCUT2D eigenvalue weighted by atomic mass is 10.2. The van der Waals surface area contributed by atoms with Gasteiger partial charge in [-0.2, -0.15) is 5.10 Å². The summed E-state index contributed by atoms with van der Waals surface area (Å²) < 4.78 is 10.2. The highest BCUT2D eigenvalue weighted by Gasteiger charge is 2.32. The van der Waals surface area contributed by atoms with E-state index in [1.165, 1.54) is 11.3 Å². The molecule has 1 amide bonds. The lowest BCUT2D eigenvalue weighted by Crippen LogP contribution is -2.37. The van der Waals surface area contributed by atoms with E-state index in [4.69, 9.17) is 9.26 Å². The number of hydrazone groups is 1. The van der Waals surface area contributed by atoms with Crippen LogP contribution in [0.25, 0.3) is 0 Å². The maximum absolute atomic E-state index is 12.2. The second-order valence-corrected chi connectivity index (χ2v) is 6.36. The molecular weight excluding hydrogens is 364 g/mol. The summed E-state index contributed by atoms with van der Waals surface area (Å²) in [7, 11) is 0. The van der Waals surface area contributed by atoms with Gasteiger partial charge in [0.25, 0.3) is 0 Å². The maximum atomic E-state index is 12.2. The minimum absolute atomic E-state index is 0.0774. The Morgan fingerprint density at radius 2 is 2.04 bits per heavy atom. The fourth-order valence-electron chi connectivity index (χ4n) is 3.02. The van der Waals surface area contributed by atoms with Crippen molar-refractivity contribution in [2.45, 2.75) is 6.10 Å². The zero-order valence-corrected chi connectivity index (χ0v) is 15.1. The van der Waals surface area contributed by atoms with Gasteiger partial charge in [0.05, 0.1) is 19.6 Å². The van der Waals surface area contributed by atoms with Gasteiger partial charge in [-0.3, -0.25) is 4.90 Å². The molecule has 3 heterocycles. The van der Waals surface area contributed by atoms with Gasteiger partial charge in [-0.05, 0) is 30.8 Å². The Balaban J connectivity index is 1.36. The molecule has 2 aliphatic heterocycles. The van der Waals surface area contributed by atoms with E-state index < -0.39 is 0 Å². The molecule has 1 fully saturated rings. The first-order chi connectivity index (χ1) is 13.6. The molecule has 0 aliphatic carbocycles. The van der Waals surface area contributed by atoms with Crippen LogP contribution in [0.4, 0.5) is 22.0 Å². The number of aromatic nitrogens is 1. The topological polar surface area (TPSA) is 107 Å². The van der Waals surface area contributed by atoms with Crippen molar-refractivity contribution in [1.82, 2.24) is 10.2 Å². The van der Waals surface area contributed by atoms with Gasteiger partial charge in [0.15, 0.2) is 11.7 Å². The van der Waals surface area contributed by atoms with Crippen molar-refractivity contribution in [3.8, 4) is 0 Å². The Labute approximate surface area is 161 Å². The largest absolute Gasteiger partial charge is 0.494 e. The number of nitrogens with one attached hydrogen (secondary N) is 1. The molecule has 1 aromatic carbocycles. The number of hydrogen-bond acceptors (Lipinski definition) is 9. The molecule has 1 saturated heterocycles. The van der Waals surface area contributed by atoms with E-state index in [2.05, 4.69) is 22.2 Å². The van der Waals surface area contributed by atoms with Crippen LogP contribution in [0.3, 0.4) is 0 Å². The predicted molar refractivity (Wildman–Crippen MR) is 103 cm³/mol. The highest BCUT2D eigenvalue weighted by atomic mass is 16.6. The SMILES string of the molecule is C=C(O)N1CCN(c2ccc(N3CC(CNc4ccon4)OC3=O)cc2)C=N1. The van der Waals surface area contributed by atoms with Crippen molar-refractivity contribution in [2.24, 2.45) is 5.10 Å². The summed E-state index contributed by atoms with van der Waals surface area (Å²) in [6.07, 6.45) is 2.45. The maximum Gasteiger partial charge on any atom is 0.414 e. The second-order valence-electron chi connectivity index (χ2n) is 6.36. The van der Waals surface area contributed by atoms with Crippen LogP contribution >= 0.6 is 0 Å². The standard InChI is InChI=1S/C18H20N6O4/c1-13(25)24-8-7-22(12-20-24)14-2-4-15(5-3-14)23-11-16(28-18(23)26)10-19-17-6-9-27-21-17/h2-6,9,12,16,25H,1,7-8,10-11H2,(H,19,21). The Bertz CT molecular complexity index is 867. The Morgan fingerprint density at radius 1 is 1.25 bits per heavy atom. The van der Waals surface area contributed by atoms with Crippen LogP contribution in [0.5, 0.6) is 0 Å². The van der Waals surface area contributed by atoms with Crippen LogP contribution < -0.4 is 15.1 Å². The van der Waals surface area contributed by atoms with Gasteiger partial charge in [0.2, 0.25) is 0 Å². The molecule has 1 aromatic heterocycles. The monoisotopic (exact) mass is 384 g/mol. The normalized spacial score (nSPS) is 19.1. The molecule has 1 unspecified atom stereocenters. The van der Waals surface area contributed by atoms with Gasteiger partial charge >= 0.3 is 6.09 Å². The van der Waals surface area contributed by atoms with Crippen molar-refractivity contribution >= 4 is 29.6 Å². The zero-order valence-electron chi connectivity index (χ0n) is 15.1. The Morgan fingerprint density at radius 3 is 2.68 bits per heavy atom. The van der Waals surface area contributed by atoms with Crippen LogP contribution in [0, 0.1) is 0 Å². The first kappa shape index (κ1) is 17.7. The van der Waals surface area contributed by atoms with Crippen molar-refractivity contribution in [3.63, 3.8) is 0 Å². The summed E-state index contributed by atoms with van der Waals surface area (Å²) in [6, 6.07) is 9.27. The molecule has 0 bridgehead atoms. The molecule has 10 nitrogen and oxygen atoms in total. The van der Waals surface area contributed by atoms with E-state index in [0.717, 1.165) is 11.4 Å². The van der Waals surface area contributed by atoms with Crippen LogP contribution in [0.1, 0.15) is 0 Å². The first-order valence-electron chi connectivity index (χ1n) is 8.79. The lowest BCUT2D eigenvalue weighted by molar-refractivity contribution is 0.147. The molecule has 28 heavy (non-hydrogen) atoms. The van der Waals surface area contributed by atoms with Gasteiger partial charge < -0.3 is 24.6 Å². The van der Waals surface area contributed by atoms with Crippen LogP contribution in [-0.2, 0) is 4.74 Å². The summed E-state index contributed by atoms with van der Waals surface area (Å²) >= 11 is 0. The van der Waals surface area contributed by atoms with E-state index in [1.807, 2.05) is 29.2 Å². The molecule has 2 aromatic rings. The van der Waals surface area contributed by atoms with Crippen molar-refractivity contribution in [2.75, 3.05) is 41.3 Å². The number of benzene rings is 1. The number of nitrogens with zero attached hydrogens (tertiary/aromatic N) is 5. The number of aliphatic hydroxyl groups is 1. The number of ether oxygens (including phenoxy) is 1. The second kappa shape index (κ2) is 7.51. The minimum Gasteiger partial charge on any atom is -0.494 e. The van der Waals surface area contributed by atoms with Gasteiger partial charge in [-0.15, -0.1) is 0 Å². The van der Waals surface area contributed by atoms with E-state index in [1.54, 1.807) is 17.3 Å². The fourth-order valence-corrected chi connectivity index (χ4v) is 3.02. The highest BCUT2D eigenvalue weighted by molar-refractivity contribution is 5.90. The molecule has 0 saturated carbocycles. The van der Waals surface area contributed by atoms with E-state index in [0.29, 0.717) is 32.0 Å². The predicted octanol–water partition coefficient (Wildman–Crippen LogP) is 2.21. The van der Waals surface area contributed by atoms with E-state index in [-0.39, 0.29) is 18.1 Å². The average Bonchev–Trinajstić information content (AvgIpc) is 3.36. The molecule has 146 valence electrons. The molecular formula is C18H20N6O4. The summed E-state index contributed by atoms with van der Waals surface area (Å²) in [6.45, 7) is 5.55. The van der Waals surface area contributed by atoms with Gasteiger partial charge in [-0.1, -0.05) is 5.16 Å². The number of carbonyl (C=O) groups excluding carboxylic acids is 1. The first-order valence-corrected chi connectivity index (χ1v) is 8.79. The molecule has 1 atom stereocenters. The van der Waals surface area contributed by atoms with Gasteiger partial charge in [0.1, 0.15) is 18.7 Å². The Kier molecular flexibility index (Phi) is 4.75. The number of aliphatic hydroxyl groups excluding tert-OH is 1. The van der Waals surface area contributed by atoms with Gasteiger partial charge in [0, 0.05) is 24.0 Å². The van der Waals surface area contributed by atoms with Crippen molar-refractivity contribution in [3.05, 3.63) is 49.1 Å². The molecule has 2 N–H and O–H groups in total. The zero-order chi connectivity index (χ0) is 19.5.